The van der Waals surface area contributed by atoms with Gasteiger partial charge in [0.25, 0.3) is 0 Å². The molecule has 0 radical (unpaired) electrons. The third-order valence-electron chi connectivity index (χ3n) is 3.20. The van der Waals surface area contributed by atoms with E-state index in [1.807, 2.05) is 20.8 Å². The lowest BCUT2D eigenvalue weighted by Gasteiger charge is -2.32. The third kappa shape index (κ3) is 7.20. The smallest absolute Gasteiger partial charge is 0.409 e. The zero-order valence-electron chi connectivity index (χ0n) is 13.6. The van der Waals surface area contributed by atoms with Crippen LogP contribution in [0.25, 0.3) is 0 Å². The van der Waals surface area contributed by atoms with Crippen molar-refractivity contribution in [2.24, 2.45) is 0 Å². The fourth-order valence-electron chi connectivity index (χ4n) is 2.08. The van der Waals surface area contributed by atoms with Crippen molar-refractivity contribution in [3.63, 3.8) is 0 Å². The van der Waals surface area contributed by atoms with Crippen molar-refractivity contribution in [2.45, 2.75) is 65.0 Å². The van der Waals surface area contributed by atoms with Crippen LogP contribution in [0.5, 0.6) is 0 Å². The van der Waals surface area contributed by atoms with Crippen molar-refractivity contribution in [3.05, 3.63) is 0 Å². The van der Waals surface area contributed by atoms with Crippen LogP contribution in [0.3, 0.4) is 0 Å². The maximum absolute atomic E-state index is 11.8. The number of nitrogens with one attached hydrogen (secondary N) is 1. The van der Waals surface area contributed by atoms with Crippen LogP contribution in [-0.2, 0) is 9.47 Å². The summed E-state index contributed by atoms with van der Waals surface area (Å²) >= 11 is 0. The molecule has 0 aromatic rings. The molecule has 0 atom stereocenters. The number of carbonyl (C=O) groups excluding carboxylic acids is 2. The summed E-state index contributed by atoms with van der Waals surface area (Å²) < 4.78 is 10.4. The summed E-state index contributed by atoms with van der Waals surface area (Å²) in [5.74, 6) is 0. The molecule has 0 spiro atoms. The van der Waals surface area contributed by atoms with Crippen LogP contribution in [-0.4, -0.2) is 48.4 Å². The van der Waals surface area contributed by atoms with Gasteiger partial charge in [-0.25, -0.2) is 9.59 Å². The molecule has 0 aromatic carbocycles. The number of carbonyl (C=O) groups is 2. The minimum Gasteiger partial charge on any atom is -0.449 e. The number of ether oxygens (including phenoxy) is 2. The van der Waals surface area contributed by atoms with E-state index < -0.39 is 11.7 Å². The molecule has 6 nitrogen and oxygen atoms in total. The van der Waals surface area contributed by atoms with Crippen LogP contribution in [0.15, 0.2) is 0 Å². The zero-order chi connectivity index (χ0) is 15.9. The predicted octanol–water partition coefficient (Wildman–Crippen LogP) is 2.91. The Kier molecular flexibility index (Phi) is 6.78. The van der Waals surface area contributed by atoms with Crippen molar-refractivity contribution in [1.82, 2.24) is 10.2 Å². The third-order valence-corrected chi connectivity index (χ3v) is 3.20. The number of likely N-dealkylation sites (tertiary alicyclic amines) is 1. The van der Waals surface area contributed by atoms with Gasteiger partial charge in [-0.1, -0.05) is 13.3 Å². The minimum atomic E-state index is -0.492. The van der Waals surface area contributed by atoms with Crippen LogP contribution in [0.2, 0.25) is 0 Å². The van der Waals surface area contributed by atoms with Crippen LogP contribution >= 0.6 is 0 Å². The lowest BCUT2D eigenvalue weighted by molar-refractivity contribution is 0.0473. The summed E-state index contributed by atoms with van der Waals surface area (Å²) in [4.78, 5) is 25.2. The standard InChI is InChI=1S/C15H28N2O4/c1-5-6-11-20-14(19)17-9-7-12(8-10-17)16-13(18)21-15(2,3)4/h12H,5-11H2,1-4H3,(H,16,18). The average molecular weight is 300 g/mol. The minimum absolute atomic E-state index is 0.0551. The fraction of sp³-hybridized carbons (Fsp3) is 0.867. The van der Waals surface area contributed by atoms with E-state index in [4.69, 9.17) is 9.47 Å². The van der Waals surface area contributed by atoms with E-state index in [1.165, 1.54) is 0 Å². The highest BCUT2D eigenvalue weighted by molar-refractivity contribution is 5.69. The lowest BCUT2D eigenvalue weighted by atomic mass is 10.1. The Morgan fingerprint density at radius 3 is 2.38 bits per heavy atom. The van der Waals surface area contributed by atoms with E-state index in [-0.39, 0.29) is 12.1 Å². The number of amides is 2. The molecule has 1 N–H and O–H groups in total. The topological polar surface area (TPSA) is 67.9 Å². The summed E-state index contributed by atoms with van der Waals surface area (Å²) in [6.07, 6.45) is 2.70. The quantitative estimate of drug-likeness (QED) is 0.811. The van der Waals surface area contributed by atoms with Gasteiger partial charge in [-0.05, 0) is 40.0 Å². The van der Waals surface area contributed by atoms with Gasteiger partial charge in [0.05, 0.1) is 6.61 Å². The van der Waals surface area contributed by atoms with E-state index in [2.05, 4.69) is 12.2 Å². The first-order valence-electron chi connectivity index (χ1n) is 7.73. The second kappa shape index (κ2) is 8.10. The number of hydrogen-bond donors (Lipinski definition) is 1. The van der Waals surface area contributed by atoms with E-state index in [9.17, 15) is 9.59 Å². The molecule has 1 rings (SSSR count). The van der Waals surface area contributed by atoms with E-state index >= 15 is 0 Å². The molecule has 21 heavy (non-hydrogen) atoms. The van der Waals surface area contributed by atoms with Gasteiger partial charge in [-0.15, -0.1) is 0 Å². The number of nitrogens with zero attached hydrogens (tertiary/aromatic N) is 1. The highest BCUT2D eigenvalue weighted by atomic mass is 16.6. The summed E-state index contributed by atoms with van der Waals surface area (Å²) in [7, 11) is 0. The monoisotopic (exact) mass is 300 g/mol. The average Bonchev–Trinajstić information content (AvgIpc) is 2.37. The molecule has 1 saturated heterocycles. The van der Waals surface area contributed by atoms with Crippen molar-refractivity contribution in [2.75, 3.05) is 19.7 Å². The maximum atomic E-state index is 11.8. The van der Waals surface area contributed by atoms with E-state index in [0.717, 1.165) is 25.7 Å². The molecule has 1 aliphatic rings. The van der Waals surface area contributed by atoms with Gasteiger partial charge in [0.15, 0.2) is 0 Å². The van der Waals surface area contributed by atoms with Gasteiger partial charge >= 0.3 is 12.2 Å². The summed E-state index contributed by atoms with van der Waals surface area (Å²) in [5, 5.41) is 2.85. The molecule has 1 fully saturated rings. The van der Waals surface area contributed by atoms with Crippen molar-refractivity contribution in [3.8, 4) is 0 Å². The Balaban J connectivity index is 2.25. The van der Waals surface area contributed by atoms with Crippen LogP contribution in [0, 0.1) is 0 Å². The highest BCUT2D eigenvalue weighted by Gasteiger charge is 2.26. The molecule has 6 heteroatoms. The molecule has 2 amide bonds. The molecule has 0 saturated carbocycles. The first-order chi connectivity index (χ1) is 9.81. The van der Waals surface area contributed by atoms with E-state index in [0.29, 0.717) is 19.7 Å². The van der Waals surface area contributed by atoms with Crippen LogP contribution < -0.4 is 5.32 Å². The normalized spacial score (nSPS) is 16.5. The first-order valence-corrected chi connectivity index (χ1v) is 7.73. The summed E-state index contributed by atoms with van der Waals surface area (Å²) in [6.45, 7) is 9.24. The Bertz CT molecular complexity index is 344. The Morgan fingerprint density at radius 1 is 1.24 bits per heavy atom. The molecule has 0 aliphatic carbocycles. The first kappa shape index (κ1) is 17.6. The van der Waals surface area contributed by atoms with Crippen molar-refractivity contribution >= 4 is 12.2 Å². The second-order valence-electron chi connectivity index (χ2n) is 6.38. The van der Waals surface area contributed by atoms with Gasteiger partial charge < -0.3 is 19.7 Å². The van der Waals surface area contributed by atoms with Gasteiger partial charge in [0.2, 0.25) is 0 Å². The summed E-state index contributed by atoms with van der Waals surface area (Å²) in [5.41, 5.74) is -0.492. The molecule has 122 valence electrons. The lowest BCUT2D eigenvalue weighted by Crippen LogP contribution is -2.47. The zero-order valence-corrected chi connectivity index (χ0v) is 13.6. The Labute approximate surface area is 127 Å². The van der Waals surface area contributed by atoms with Crippen LogP contribution in [0.4, 0.5) is 9.59 Å². The largest absolute Gasteiger partial charge is 0.449 e. The molecule has 0 unspecified atom stereocenters. The molecule has 0 aromatic heterocycles. The Morgan fingerprint density at radius 2 is 1.86 bits per heavy atom. The van der Waals surface area contributed by atoms with E-state index in [1.54, 1.807) is 4.90 Å². The maximum Gasteiger partial charge on any atom is 0.409 e. The highest BCUT2D eigenvalue weighted by Crippen LogP contribution is 2.13. The van der Waals surface area contributed by atoms with Gasteiger partial charge in [-0.3, -0.25) is 0 Å². The SMILES string of the molecule is CCCCOC(=O)N1CCC(NC(=O)OC(C)(C)C)CC1. The van der Waals surface area contributed by atoms with Gasteiger partial charge in [0, 0.05) is 19.1 Å². The fourth-order valence-corrected chi connectivity index (χ4v) is 2.08. The number of alkyl carbamates (subject to hydrolysis) is 1. The van der Waals surface area contributed by atoms with Gasteiger partial charge in [-0.2, -0.15) is 0 Å². The van der Waals surface area contributed by atoms with Crippen molar-refractivity contribution in [1.29, 1.82) is 0 Å². The molecular formula is C15H28N2O4. The number of piperidine rings is 1. The summed E-state index contributed by atoms with van der Waals surface area (Å²) in [6, 6.07) is 0.0551. The molecule has 1 aliphatic heterocycles. The number of rotatable bonds is 4. The van der Waals surface area contributed by atoms with Crippen molar-refractivity contribution < 1.29 is 19.1 Å². The van der Waals surface area contributed by atoms with Gasteiger partial charge in [0.1, 0.15) is 5.60 Å². The molecule has 0 bridgehead atoms. The predicted molar refractivity (Wildman–Crippen MR) is 80.2 cm³/mol. The second-order valence-corrected chi connectivity index (χ2v) is 6.38. The number of unbranched alkanes of at least 4 members (excludes halogenated alkanes) is 1. The number of hydrogen-bond acceptors (Lipinski definition) is 4. The molecular weight excluding hydrogens is 272 g/mol. The molecule has 1 heterocycles. The Hall–Kier alpha value is -1.46. The van der Waals surface area contributed by atoms with Crippen LogP contribution in [0.1, 0.15) is 53.4 Å².